The van der Waals surface area contributed by atoms with Crippen LogP contribution in [0, 0.1) is 0 Å². The number of aromatic nitrogens is 1. The molecular formula is C16H18ClN3O2. The lowest BCUT2D eigenvalue weighted by atomic mass is 10.1. The van der Waals surface area contributed by atoms with Gasteiger partial charge in [0.2, 0.25) is 0 Å². The summed E-state index contributed by atoms with van der Waals surface area (Å²) in [5.41, 5.74) is 0.776. The highest BCUT2D eigenvalue weighted by atomic mass is 35.5. The number of benzene rings is 1. The summed E-state index contributed by atoms with van der Waals surface area (Å²) in [7, 11) is 4.17. The molecule has 0 unspecified atom stereocenters. The van der Waals surface area contributed by atoms with Gasteiger partial charge in [-0.05, 0) is 44.8 Å². The van der Waals surface area contributed by atoms with E-state index < -0.39 is 5.97 Å². The molecule has 5 nitrogen and oxygen atoms in total. The second-order valence-corrected chi connectivity index (χ2v) is 6.22. The van der Waals surface area contributed by atoms with Crippen molar-refractivity contribution >= 4 is 34.3 Å². The number of carboxylic acids is 1. The van der Waals surface area contributed by atoms with Gasteiger partial charge in [-0.2, -0.15) is 0 Å². The Labute approximate surface area is 134 Å². The first kappa shape index (κ1) is 15.1. The van der Waals surface area contributed by atoms with E-state index in [0.717, 1.165) is 25.3 Å². The Morgan fingerprint density at radius 1 is 1.36 bits per heavy atom. The monoisotopic (exact) mass is 319 g/mol. The first-order valence-corrected chi connectivity index (χ1v) is 7.59. The Hall–Kier alpha value is -1.85. The number of carbonyl (C=O) groups is 1. The Kier molecular flexibility index (Phi) is 3.93. The number of hydrogen-bond donors (Lipinski definition) is 1. The van der Waals surface area contributed by atoms with Gasteiger partial charge in [0.15, 0.2) is 0 Å². The van der Waals surface area contributed by atoms with Crippen LogP contribution in [0.25, 0.3) is 10.9 Å². The van der Waals surface area contributed by atoms with Crippen LogP contribution in [0.5, 0.6) is 0 Å². The fourth-order valence-electron chi connectivity index (χ4n) is 2.93. The van der Waals surface area contributed by atoms with E-state index in [-0.39, 0.29) is 10.6 Å². The van der Waals surface area contributed by atoms with Crippen molar-refractivity contribution in [1.29, 1.82) is 0 Å². The van der Waals surface area contributed by atoms with Crippen LogP contribution < -0.4 is 4.90 Å². The highest BCUT2D eigenvalue weighted by molar-refractivity contribution is 6.35. The minimum absolute atomic E-state index is 0.116. The third-order valence-corrected chi connectivity index (χ3v) is 4.55. The molecule has 0 saturated carbocycles. The largest absolute Gasteiger partial charge is 0.478 e. The van der Waals surface area contributed by atoms with E-state index in [4.69, 9.17) is 11.6 Å². The standard InChI is InChI=1S/C16H18ClN3O2/c1-19(2)10-7-8-20(9-10)14-6-3-11-13(18-14)5-4-12(17)15(11)16(21)22/h3-6,10H,7-9H2,1-2H3,(H,21,22)/t10-/m0/s1. The second-order valence-electron chi connectivity index (χ2n) is 5.82. The van der Waals surface area contributed by atoms with Gasteiger partial charge in [0.25, 0.3) is 0 Å². The molecule has 0 aliphatic carbocycles. The van der Waals surface area contributed by atoms with Crippen LogP contribution >= 0.6 is 11.6 Å². The van der Waals surface area contributed by atoms with E-state index in [1.54, 1.807) is 18.2 Å². The second kappa shape index (κ2) is 5.74. The van der Waals surface area contributed by atoms with Crippen molar-refractivity contribution in [3.05, 3.63) is 34.9 Å². The summed E-state index contributed by atoms with van der Waals surface area (Å²) in [4.78, 5) is 20.4. The maximum atomic E-state index is 11.4. The van der Waals surface area contributed by atoms with Gasteiger partial charge in [-0.15, -0.1) is 0 Å². The fourth-order valence-corrected chi connectivity index (χ4v) is 3.18. The molecule has 0 amide bonds. The average molecular weight is 320 g/mol. The summed E-state index contributed by atoms with van der Waals surface area (Å²) in [6.45, 7) is 1.89. The molecule has 2 heterocycles. The van der Waals surface area contributed by atoms with Crippen molar-refractivity contribution in [3.63, 3.8) is 0 Å². The van der Waals surface area contributed by atoms with E-state index >= 15 is 0 Å². The number of fused-ring (bicyclic) bond motifs is 1. The minimum Gasteiger partial charge on any atom is -0.478 e. The molecule has 0 bridgehead atoms. The summed E-state index contributed by atoms with van der Waals surface area (Å²) in [5.74, 6) is -0.144. The molecule has 1 aromatic carbocycles. The number of anilines is 1. The quantitative estimate of drug-likeness (QED) is 0.942. The van der Waals surface area contributed by atoms with E-state index in [1.807, 2.05) is 6.07 Å². The molecular weight excluding hydrogens is 302 g/mol. The van der Waals surface area contributed by atoms with Gasteiger partial charge >= 0.3 is 5.97 Å². The molecule has 0 spiro atoms. The van der Waals surface area contributed by atoms with Gasteiger partial charge in [0.05, 0.1) is 16.1 Å². The first-order chi connectivity index (χ1) is 10.5. The molecule has 116 valence electrons. The van der Waals surface area contributed by atoms with Crippen molar-refractivity contribution in [2.24, 2.45) is 0 Å². The molecule has 1 saturated heterocycles. The number of aromatic carboxylic acids is 1. The normalized spacial score (nSPS) is 18.4. The van der Waals surface area contributed by atoms with Crippen LogP contribution in [0.2, 0.25) is 5.02 Å². The summed E-state index contributed by atoms with van der Waals surface area (Å²) in [6, 6.07) is 7.57. The molecule has 0 radical (unpaired) electrons. The van der Waals surface area contributed by atoms with Crippen molar-refractivity contribution < 1.29 is 9.90 Å². The predicted octanol–water partition coefficient (Wildman–Crippen LogP) is 2.73. The van der Waals surface area contributed by atoms with Gasteiger partial charge in [-0.3, -0.25) is 0 Å². The Morgan fingerprint density at radius 2 is 2.14 bits per heavy atom. The summed E-state index contributed by atoms with van der Waals surface area (Å²) in [6.07, 6.45) is 1.10. The molecule has 1 aliphatic heterocycles. The molecule has 1 atom stereocenters. The van der Waals surface area contributed by atoms with E-state index in [1.165, 1.54) is 0 Å². The lowest BCUT2D eigenvalue weighted by molar-refractivity contribution is 0.0699. The number of hydrogen-bond acceptors (Lipinski definition) is 4. The van der Waals surface area contributed by atoms with Gasteiger partial charge in [0, 0.05) is 24.5 Å². The third kappa shape index (κ3) is 2.62. The molecule has 2 aromatic rings. The summed E-state index contributed by atoms with van der Waals surface area (Å²) in [5, 5.41) is 10.1. The first-order valence-electron chi connectivity index (χ1n) is 7.21. The predicted molar refractivity (Wildman–Crippen MR) is 88.0 cm³/mol. The van der Waals surface area contributed by atoms with Crippen LogP contribution in [0.1, 0.15) is 16.8 Å². The van der Waals surface area contributed by atoms with Crippen LogP contribution in [0.3, 0.4) is 0 Å². The molecule has 3 rings (SSSR count). The van der Waals surface area contributed by atoms with E-state index in [9.17, 15) is 9.90 Å². The number of likely N-dealkylation sites (N-methyl/N-ethyl adjacent to an activating group) is 1. The SMILES string of the molecule is CN(C)[C@H]1CCN(c2ccc3c(C(=O)O)c(Cl)ccc3n2)C1. The van der Waals surface area contributed by atoms with E-state index in [2.05, 4.69) is 28.9 Å². The minimum atomic E-state index is -1.03. The smallest absolute Gasteiger partial charge is 0.337 e. The van der Waals surface area contributed by atoms with Gasteiger partial charge in [-0.1, -0.05) is 11.6 Å². The number of nitrogens with zero attached hydrogens (tertiary/aromatic N) is 3. The van der Waals surface area contributed by atoms with Crippen molar-refractivity contribution in [2.45, 2.75) is 12.5 Å². The summed E-state index contributed by atoms with van der Waals surface area (Å²) >= 11 is 5.99. The lowest BCUT2D eigenvalue weighted by Crippen LogP contribution is -2.31. The Balaban J connectivity index is 1.98. The molecule has 6 heteroatoms. The molecule has 22 heavy (non-hydrogen) atoms. The molecule has 1 aliphatic rings. The van der Waals surface area contributed by atoms with E-state index in [0.29, 0.717) is 16.9 Å². The van der Waals surface area contributed by atoms with Crippen molar-refractivity contribution in [1.82, 2.24) is 9.88 Å². The Morgan fingerprint density at radius 3 is 2.77 bits per heavy atom. The maximum absolute atomic E-state index is 11.4. The van der Waals surface area contributed by atoms with Crippen LogP contribution in [-0.2, 0) is 0 Å². The highest BCUT2D eigenvalue weighted by Gasteiger charge is 2.25. The Bertz CT molecular complexity index is 733. The zero-order valence-corrected chi connectivity index (χ0v) is 13.3. The number of carboxylic acid groups (broad SMARTS) is 1. The van der Waals surface area contributed by atoms with Crippen LogP contribution in [-0.4, -0.2) is 54.2 Å². The van der Waals surface area contributed by atoms with Gasteiger partial charge in [-0.25, -0.2) is 9.78 Å². The zero-order valence-electron chi connectivity index (χ0n) is 12.6. The fraction of sp³-hybridized carbons (Fsp3) is 0.375. The number of rotatable bonds is 3. The molecule has 1 N–H and O–H groups in total. The highest BCUT2D eigenvalue weighted by Crippen LogP contribution is 2.28. The van der Waals surface area contributed by atoms with Crippen LogP contribution in [0.4, 0.5) is 5.82 Å². The summed E-state index contributed by atoms with van der Waals surface area (Å²) < 4.78 is 0. The molecule has 1 aromatic heterocycles. The molecule has 1 fully saturated rings. The van der Waals surface area contributed by atoms with Gasteiger partial charge < -0.3 is 14.9 Å². The maximum Gasteiger partial charge on any atom is 0.337 e. The third-order valence-electron chi connectivity index (χ3n) is 4.24. The average Bonchev–Trinajstić information content (AvgIpc) is 2.96. The zero-order chi connectivity index (χ0) is 15.9. The van der Waals surface area contributed by atoms with Crippen LogP contribution in [0.15, 0.2) is 24.3 Å². The lowest BCUT2D eigenvalue weighted by Gasteiger charge is -2.21. The topological polar surface area (TPSA) is 56.7 Å². The number of pyridine rings is 1. The van der Waals surface area contributed by atoms with Crippen molar-refractivity contribution in [2.75, 3.05) is 32.1 Å². The number of halogens is 1. The van der Waals surface area contributed by atoms with Crippen molar-refractivity contribution in [3.8, 4) is 0 Å². The van der Waals surface area contributed by atoms with Gasteiger partial charge in [0.1, 0.15) is 5.82 Å².